The van der Waals surface area contributed by atoms with Crippen molar-refractivity contribution in [2.45, 2.75) is 39.2 Å². The van der Waals surface area contributed by atoms with Gasteiger partial charge in [-0.3, -0.25) is 0 Å². The van der Waals surface area contributed by atoms with Gasteiger partial charge in [-0.2, -0.15) is 0 Å². The van der Waals surface area contributed by atoms with Gasteiger partial charge in [-0.25, -0.2) is 9.97 Å². The Balaban J connectivity index is 1.74. The summed E-state index contributed by atoms with van der Waals surface area (Å²) >= 11 is 6.24. The van der Waals surface area contributed by atoms with E-state index in [9.17, 15) is 0 Å². The Morgan fingerprint density at radius 1 is 1.10 bits per heavy atom. The summed E-state index contributed by atoms with van der Waals surface area (Å²) in [5.74, 6) is 1.49. The number of aromatic nitrogens is 2. The van der Waals surface area contributed by atoms with E-state index in [2.05, 4.69) is 16.9 Å². The molecule has 0 saturated carbocycles. The van der Waals surface area contributed by atoms with Crippen molar-refractivity contribution in [2.24, 2.45) is 0 Å². The zero-order valence-electron chi connectivity index (χ0n) is 11.5. The molecule has 1 heterocycles. The predicted molar refractivity (Wildman–Crippen MR) is 79.2 cm³/mol. The first-order valence-electron chi connectivity index (χ1n) is 6.96. The Labute approximate surface area is 124 Å². The standard InChI is InChI=1S/C16H17ClN2O/c1-11-6-8-12(9-7-11)20-10-15-18-14-5-3-2-4-13(14)16(17)19-15/h6-9H,2-5,10H2,1H3. The maximum absolute atomic E-state index is 6.24. The summed E-state index contributed by atoms with van der Waals surface area (Å²) in [6, 6.07) is 7.96. The van der Waals surface area contributed by atoms with E-state index in [0.29, 0.717) is 17.6 Å². The minimum absolute atomic E-state index is 0.357. The van der Waals surface area contributed by atoms with Crippen LogP contribution in [-0.2, 0) is 19.4 Å². The molecule has 0 fully saturated rings. The number of halogens is 1. The molecule has 0 aliphatic heterocycles. The molecule has 0 unspecified atom stereocenters. The highest BCUT2D eigenvalue weighted by atomic mass is 35.5. The van der Waals surface area contributed by atoms with Gasteiger partial charge in [0.15, 0.2) is 5.82 Å². The minimum Gasteiger partial charge on any atom is -0.486 e. The summed E-state index contributed by atoms with van der Waals surface area (Å²) in [6.07, 6.45) is 4.34. The molecule has 3 nitrogen and oxygen atoms in total. The van der Waals surface area contributed by atoms with E-state index >= 15 is 0 Å². The molecule has 0 radical (unpaired) electrons. The van der Waals surface area contributed by atoms with E-state index in [0.717, 1.165) is 29.8 Å². The van der Waals surface area contributed by atoms with Gasteiger partial charge >= 0.3 is 0 Å². The number of rotatable bonds is 3. The molecule has 0 bridgehead atoms. The molecular formula is C16H17ClN2O. The Morgan fingerprint density at radius 3 is 2.65 bits per heavy atom. The molecule has 0 atom stereocenters. The van der Waals surface area contributed by atoms with Crippen molar-refractivity contribution in [1.82, 2.24) is 9.97 Å². The van der Waals surface area contributed by atoms with Crippen molar-refractivity contribution in [3.05, 3.63) is 52.1 Å². The van der Waals surface area contributed by atoms with Crippen molar-refractivity contribution in [2.75, 3.05) is 0 Å². The molecule has 2 aromatic rings. The Bertz CT molecular complexity index is 611. The number of aryl methyl sites for hydroxylation is 2. The van der Waals surface area contributed by atoms with Crippen LogP contribution >= 0.6 is 11.6 Å². The van der Waals surface area contributed by atoms with Crippen LogP contribution in [0.25, 0.3) is 0 Å². The zero-order chi connectivity index (χ0) is 13.9. The largest absolute Gasteiger partial charge is 0.486 e. The molecule has 1 aromatic carbocycles. The van der Waals surface area contributed by atoms with Crippen LogP contribution in [0.15, 0.2) is 24.3 Å². The van der Waals surface area contributed by atoms with Crippen molar-refractivity contribution in [3.8, 4) is 5.75 Å². The van der Waals surface area contributed by atoms with Gasteiger partial charge in [0.1, 0.15) is 17.5 Å². The van der Waals surface area contributed by atoms with Gasteiger partial charge in [0, 0.05) is 11.3 Å². The van der Waals surface area contributed by atoms with Crippen molar-refractivity contribution < 1.29 is 4.74 Å². The third-order valence-electron chi connectivity index (χ3n) is 3.57. The van der Waals surface area contributed by atoms with Crippen molar-refractivity contribution in [3.63, 3.8) is 0 Å². The van der Waals surface area contributed by atoms with Crippen LogP contribution in [0.3, 0.4) is 0 Å². The molecular weight excluding hydrogens is 272 g/mol. The second-order valence-electron chi connectivity index (χ2n) is 5.16. The highest BCUT2D eigenvalue weighted by Gasteiger charge is 2.16. The minimum atomic E-state index is 0.357. The molecule has 1 aromatic heterocycles. The molecule has 0 spiro atoms. The first kappa shape index (κ1) is 13.4. The zero-order valence-corrected chi connectivity index (χ0v) is 12.3. The highest BCUT2D eigenvalue weighted by molar-refractivity contribution is 6.30. The lowest BCUT2D eigenvalue weighted by atomic mass is 9.97. The van der Waals surface area contributed by atoms with Gasteiger partial charge < -0.3 is 4.74 Å². The summed E-state index contributed by atoms with van der Waals surface area (Å²) in [5, 5.41) is 0.595. The highest BCUT2D eigenvalue weighted by Crippen LogP contribution is 2.25. The second kappa shape index (κ2) is 5.80. The van der Waals surface area contributed by atoms with Crippen LogP contribution in [0.1, 0.15) is 35.5 Å². The average molecular weight is 289 g/mol. The first-order chi connectivity index (χ1) is 9.72. The van der Waals surface area contributed by atoms with Crippen LogP contribution in [0.2, 0.25) is 5.15 Å². The molecule has 0 N–H and O–H groups in total. The van der Waals surface area contributed by atoms with Crippen LogP contribution in [0.4, 0.5) is 0 Å². The first-order valence-corrected chi connectivity index (χ1v) is 7.34. The van der Waals surface area contributed by atoms with Crippen LogP contribution < -0.4 is 4.74 Å². The van der Waals surface area contributed by atoms with E-state index in [1.165, 1.54) is 18.4 Å². The van der Waals surface area contributed by atoms with Crippen LogP contribution in [0.5, 0.6) is 5.75 Å². The summed E-state index contributed by atoms with van der Waals surface area (Å²) in [4.78, 5) is 8.93. The molecule has 20 heavy (non-hydrogen) atoms. The van der Waals surface area contributed by atoms with Gasteiger partial charge in [0.2, 0.25) is 0 Å². The number of ether oxygens (including phenoxy) is 1. The fourth-order valence-electron chi connectivity index (χ4n) is 2.44. The maximum atomic E-state index is 6.24. The molecule has 1 aliphatic carbocycles. The summed E-state index contributed by atoms with van der Waals surface area (Å²) in [7, 11) is 0. The number of benzene rings is 1. The Hall–Kier alpha value is -1.61. The second-order valence-corrected chi connectivity index (χ2v) is 5.52. The molecule has 104 valence electrons. The quantitative estimate of drug-likeness (QED) is 0.804. The van der Waals surface area contributed by atoms with Gasteiger partial charge in [-0.05, 0) is 44.7 Å². The average Bonchev–Trinajstić information content (AvgIpc) is 2.47. The van der Waals surface area contributed by atoms with E-state index in [-0.39, 0.29) is 0 Å². The van der Waals surface area contributed by atoms with E-state index in [1.54, 1.807) is 0 Å². The molecule has 4 heteroatoms. The number of fused-ring (bicyclic) bond motifs is 1. The third kappa shape index (κ3) is 2.93. The van der Waals surface area contributed by atoms with Gasteiger partial charge in [-0.1, -0.05) is 29.3 Å². The predicted octanol–water partition coefficient (Wildman–Crippen LogP) is 3.90. The lowest BCUT2D eigenvalue weighted by molar-refractivity contribution is 0.295. The monoisotopic (exact) mass is 288 g/mol. The lowest BCUT2D eigenvalue weighted by Gasteiger charge is -2.16. The Morgan fingerprint density at radius 2 is 1.85 bits per heavy atom. The Kier molecular flexibility index (Phi) is 3.88. The summed E-state index contributed by atoms with van der Waals surface area (Å²) in [5.41, 5.74) is 3.43. The topological polar surface area (TPSA) is 35.0 Å². The maximum Gasteiger partial charge on any atom is 0.167 e. The third-order valence-corrected chi connectivity index (χ3v) is 3.88. The van der Waals surface area contributed by atoms with Gasteiger partial charge in [0.05, 0.1) is 0 Å². The molecule has 1 aliphatic rings. The molecule has 0 amide bonds. The van der Waals surface area contributed by atoms with Crippen LogP contribution in [0, 0.1) is 6.92 Å². The van der Waals surface area contributed by atoms with Crippen molar-refractivity contribution >= 4 is 11.6 Å². The number of hydrogen-bond donors (Lipinski definition) is 0. The normalized spacial score (nSPS) is 13.9. The fourth-order valence-corrected chi connectivity index (χ4v) is 2.74. The summed E-state index contributed by atoms with van der Waals surface area (Å²) < 4.78 is 5.71. The summed E-state index contributed by atoms with van der Waals surface area (Å²) in [6.45, 7) is 2.41. The van der Waals surface area contributed by atoms with Gasteiger partial charge in [-0.15, -0.1) is 0 Å². The van der Waals surface area contributed by atoms with E-state index in [1.807, 2.05) is 24.3 Å². The number of hydrogen-bond acceptors (Lipinski definition) is 3. The smallest absolute Gasteiger partial charge is 0.167 e. The van der Waals surface area contributed by atoms with E-state index in [4.69, 9.17) is 16.3 Å². The number of nitrogens with zero attached hydrogens (tertiary/aromatic N) is 2. The fraction of sp³-hybridized carbons (Fsp3) is 0.375. The molecule has 3 rings (SSSR count). The van der Waals surface area contributed by atoms with Crippen LogP contribution in [-0.4, -0.2) is 9.97 Å². The lowest BCUT2D eigenvalue weighted by Crippen LogP contribution is -2.12. The molecule has 0 saturated heterocycles. The van der Waals surface area contributed by atoms with Gasteiger partial charge in [0.25, 0.3) is 0 Å². The SMILES string of the molecule is Cc1ccc(OCc2nc(Cl)c3c(n2)CCCC3)cc1. The van der Waals surface area contributed by atoms with Crippen molar-refractivity contribution in [1.29, 1.82) is 0 Å². The van der Waals surface area contributed by atoms with E-state index < -0.39 is 0 Å².